The number of carboxylic acid groups (broad SMARTS) is 1. The van der Waals surface area contributed by atoms with Crippen LogP contribution in [0.1, 0.15) is 194 Å². The summed E-state index contributed by atoms with van der Waals surface area (Å²) in [4.78, 5) is 46.0. The van der Waals surface area contributed by atoms with Gasteiger partial charge in [0.2, 0.25) is 5.91 Å². The average molecular weight is 866 g/mol. The molecule has 0 rings (SSSR count). The van der Waals surface area contributed by atoms with E-state index in [1.165, 1.54) is 64.2 Å². The Labute approximate surface area is 364 Å². The van der Waals surface area contributed by atoms with Gasteiger partial charge in [-0.15, -0.1) is 0 Å². The number of ether oxygens (including phenoxy) is 1. The Kier molecular flexibility index (Phi) is 40.8. The van der Waals surface area contributed by atoms with Gasteiger partial charge in [-0.05, 0) is 83.5 Å². The summed E-state index contributed by atoms with van der Waals surface area (Å²) in [6, 6.07) is -1.56. The van der Waals surface area contributed by atoms with Crippen LogP contribution < -0.4 is 5.32 Å². The van der Waals surface area contributed by atoms with E-state index in [1.54, 1.807) is 0 Å². The number of esters is 1. The van der Waals surface area contributed by atoms with Crippen molar-refractivity contribution in [3.8, 4) is 0 Å². The lowest BCUT2D eigenvalue weighted by Gasteiger charge is -2.18. The van der Waals surface area contributed by atoms with Gasteiger partial charge in [0.25, 0.3) is 0 Å². The molecule has 3 atom stereocenters. The monoisotopic (exact) mass is 866 g/mol. The van der Waals surface area contributed by atoms with Crippen molar-refractivity contribution in [3.05, 3.63) is 60.8 Å². The van der Waals surface area contributed by atoms with Gasteiger partial charge in [-0.2, -0.15) is 0 Å². The quantitative estimate of drug-likeness (QED) is 0.0200. The third-order valence-electron chi connectivity index (χ3n) is 9.78. The molecule has 11 nitrogen and oxygen atoms in total. The molecule has 0 bridgehead atoms. The molecule has 4 N–H and O–H groups in total. The summed E-state index contributed by atoms with van der Waals surface area (Å²) in [6.45, 7) is 2.54. The van der Waals surface area contributed by atoms with E-state index in [9.17, 15) is 34.1 Å². The van der Waals surface area contributed by atoms with Crippen LogP contribution >= 0.6 is 7.82 Å². The van der Waals surface area contributed by atoms with Crippen LogP contribution in [-0.4, -0.2) is 64.9 Å². The van der Waals surface area contributed by atoms with Crippen molar-refractivity contribution < 1.29 is 47.8 Å². The maximum Gasteiger partial charge on any atom is 0.472 e. The number of aliphatic carboxylic acids is 1. The summed E-state index contributed by atoms with van der Waals surface area (Å²) in [5.41, 5.74) is 0. The van der Waals surface area contributed by atoms with E-state index in [-0.39, 0.29) is 12.8 Å². The number of aliphatic hydroxyl groups is 1. The van der Waals surface area contributed by atoms with Crippen molar-refractivity contribution in [2.75, 3.05) is 19.8 Å². The van der Waals surface area contributed by atoms with Gasteiger partial charge in [-0.3, -0.25) is 18.6 Å². The number of carbonyl (C=O) groups is 3. The van der Waals surface area contributed by atoms with Crippen molar-refractivity contribution in [1.29, 1.82) is 0 Å². The van der Waals surface area contributed by atoms with E-state index in [0.717, 1.165) is 89.9 Å². The average Bonchev–Trinajstić information content (AvgIpc) is 3.22. The maximum atomic E-state index is 12.3. The van der Waals surface area contributed by atoms with E-state index in [2.05, 4.69) is 79.9 Å². The third-order valence-corrected chi connectivity index (χ3v) is 10.7. The van der Waals surface area contributed by atoms with Crippen molar-refractivity contribution in [2.45, 2.75) is 206 Å². The van der Waals surface area contributed by atoms with Crippen LogP contribution in [0.3, 0.4) is 0 Å². The van der Waals surface area contributed by atoms with Gasteiger partial charge in [0, 0.05) is 12.8 Å². The zero-order valence-electron chi connectivity index (χ0n) is 37.5. The number of rotatable bonds is 43. The summed E-state index contributed by atoms with van der Waals surface area (Å²) in [5, 5.41) is 21.8. The topological polar surface area (TPSA) is 169 Å². The number of amides is 1. The van der Waals surface area contributed by atoms with Gasteiger partial charge in [0.15, 0.2) is 6.04 Å². The van der Waals surface area contributed by atoms with Crippen molar-refractivity contribution >= 4 is 25.7 Å². The van der Waals surface area contributed by atoms with Crippen LogP contribution in [0.2, 0.25) is 0 Å². The molecule has 0 aromatic rings. The number of phosphoric ester groups is 1. The molecule has 0 aliphatic carbocycles. The summed E-state index contributed by atoms with van der Waals surface area (Å²) in [5.74, 6) is -2.41. The maximum absolute atomic E-state index is 12.3. The first-order valence-corrected chi connectivity index (χ1v) is 24.8. The predicted molar refractivity (Wildman–Crippen MR) is 245 cm³/mol. The number of phosphoric acid groups is 1. The second-order valence-corrected chi connectivity index (χ2v) is 17.0. The zero-order chi connectivity index (χ0) is 44.2. The number of aliphatic hydroxyl groups excluding tert-OH is 1. The van der Waals surface area contributed by atoms with Crippen LogP contribution in [-0.2, 0) is 32.7 Å². The summed E-state index contributed by atoms with van der Waals surface area (Å²) >= 11 is 0. The van der Waals surface area contributed by atoms with Crippen molar-refractivity contribution in [3.63, 3.8) is 0 Å². The van der Waals surface area contributed by atoms with E-state index in [4.69, 9.17) is 13.8 Å². The number of hydrogen-bond acceptors (Lipinski definition) is 8. The minimum absolute atomic E-state index is 0.121. The number of hydrogen-bond donors (Lipinski definition) is 4. The van der Waals surface area contributed by atoms with Crippen LogP contribution in [0, 0.1) is 0 Å². The Morgan fingerprint density at radius 3 is 1.42 bits per heavy atom. The standard InChI is InChI=1S/C48H84NO10P/c1-3-5-7-9-11-13-15-17-19-20-21-22-23-24-26-27-29-31-33-35-37-39-46(51)49-45(48(53)54)43-59-60(55,56)58-42-44(50)41-57-47(52)40-38-36-34-32-30-28-25-18-16-14-12-10-8-6-4-2/h11,13,17-19,21-22,24-26,44-45,50H,3-10,12,14-16,20,23,27-43H2,1-2H3,(H,49,51)(H,53,54)(H,55,56)/b13-11-,19-17-,22-21-,25-18-,26-24-. The molecule has 12 heteroatoms. The highest BCUT2D eigenvalue weighted by Gasteiger charge is 2.28. The van der Waals surface area contributed by atoms with Gasteiger partial charge in [0.1, 0.15) is 12.7 Å². The molecule has 0 saturated carbocycles. The molecule has 0 aliphatic rings. The molecular weight excluding hydrogens is 781 g/mol. The van der Waals surface area contributed by atoms with Crippen molar-refractivity contribution in [1.82, 2.24) is 5.32 Å². The SMILES string of the molecule is CCCCC/C=C\C/C=C\C/C=C\C/C=C\CCCCCCCC(=O)NC(COP(=O)(O)OCC(O)COC(=O)CCCCCCC/C=C\CCCCCCCC)C(=O)O. The van der Waals surface area contributed by atoms with Gasteiger partial charge >= 0.3 is 19.8 Å². The van der Waals surface area contributed by atoms with Crippen molar-refractivity contribution in [2.24, 2.45) is 0 Å². The number of carboxylic acids is 1. The molecule has 0 fully saturated rings. The minimum atomic E-state index is -4.77. The van der Waals surface area contributed by atoms with Gasteiger partial charge < -0.3 is 25.2 Å². The predicted octanol–water partition coefficient (Wildman–Crippen LogP) is 12.3. The fourth-order valence-corrected chi connectivity index (χ4v) is 6.89. The molecule has 0 saturated heterocycles. The summed E-state index contributed by atoms with van der Waals surface area (Å²) < 4.78 is 26.9. The molecule has 346 valence electrons. The first-order chi connectivity index (χ1) is 29.1. The fourth-order valence-electron chi connectivity index (χ4n) is 6.12. The van der Waals surface area contributed by atoms with Gasteiger partial charge in [-0.25, -0.2) is 9.36 Å². The van der Waals surface area contributed by atoms with Gasteiger partial charge in [0.05, 0.1) is 13.2 Å². The Morgan fingerprint density at radius 1 is 0.533 bits per heavy atom. The smallest absolute Gasteiger partial charge is 0.472 e. The molecule has 0 radical (unpaired) electrons. The molecule has 0 aliphatic heterocycles. The van der Waals surface area contributed by atoms with E-state index in [0.29, 0.717) is 12.8 Å². The molecule has 0 heterocycles. The van der Waals surface area contributed by atoms with E-state index >= 15 is 0 Å². The highest BCUT2D eigenvalue weighted by Crippen LogP contribution is 2.43. The molecule has 0 aromatic carbocycles. The lowest BCUT2D eigenvalue weighted by Crippen LogP contribution is -2.43. The molecule has 60 heavy (non-hydrogen) atoms. The van der Waals surface area contributed by atoms with E-state index < -0.39 is 57.6 Å². The van der Waals surface area contributed by atoms with Crippen LogP contribution in [0.25, 0.3) is 0 Å². The van der Waals surface area contributed by atoms with Crippen LogP contribution in [0.5, 0.6) is 0 Å². The lowest BCUT2D eigenvalue weighted by atomic mass is 10.1. The summed E-state index contributed by atoms with van der Waals surface area (Å²) in [6.07, 6.45) is 49.5. The lowest BCUT2D eigenvalue weighted by molar-refractivity contribution is -0.147. The molecule has 1 amide bonds. The van der Waals surface area contributed by atoms with E-state index in [1.807, 2.05) is 0 Å². The molecular formula is C48H84NO10P. The first kappa shape index (κ1) is 57.2. The molecule has 0 spiro atoms. The largest absolute Gasteiger partial charge is 0.480 e. The summed E-state index contributed by atoms with van der Waals surface area (Å²) in [7, 11) is -4.77. The zero-order valence-corrected chi connectivity index (χ0v) is 38.4. The number of nitrogens with one attached hydrogen (secondary N) is 1. The molecule has 0 aromatic heterocycles. The number of unbranched alkanes of at least 4 members (excludes halogenated alkanes) is 19. The second kappa shape index (κ2) is 42.9. The normalized spacial score (nSPS) is 14.2. The number of carbonyl (C=O) groups excluding carboxylic acids is 2. The minimum Gasteiger partial charge on any atom is -0.480 e. The Bertz CT molecular complexity index is 1250. The number of allylic oxidation sites excluding steroid dienone is 10. The van der Waals surface area contributed by atoms with Crippen LogP contribution in [0.4, 0.5) is 0 Å². The highest BCUT2D eigenvalue weighted by molar-refractivity contribution is 7.47. The Morgan fingerprint density at radius 2 is 0.917 bits per heavy atom. The molecule has 3 unspecified atom stereocenters. The Hall–Kier alpha value is -2.82. The van der Waals surface area contributed by atoms with Gasteiger partial charge in [-0.1, -0.05) is 158 Å². The fraction of sp³-hybridized carbons (Fsp3) is 0.729. The second-order valence-electron chi connectivity index (χ2n) is 15.6. The first-order valence-electron chi connectivity index (χ1n) is 23.3. The van der Waals surface area contributed by atoms with Crippen LogP contribution in [0.15, 0.2) is 60.8 Å². The highest BCUT2D eigenvalue weighted by atomic mass is 31.2. The third kappa shape index (κ3) is 41.9. The Balaban J connectivity index is 3.94.